The molecule has 0 aromatic rings. The van der Waals surface area contributed by atoms with Crippen LogP contribution in [0.1, 0.15) is 32.1 Å². The molecule has 15 heavy (non-hydrogen) atoms. The summed E-state index contributed by atoms with van der Waals surface area (Å²) in [6.07, 6.45) is 5.89. The Labute approximate surface area is 91.4 Å². The molecular weight excluding hydrogens is 190 g/mol. The molecule has 4 nitrogen and oxygen atoms in total. The van der Waals surface area contributed by atoms with Gasteiger partial charge in [0, 0.05) is 25.2 Å². The van der Waals surface area contributed by atoms with Crippen molar-refractivity contribution in [2.24, 2.45) is 0 Å². The Morgan fingerprint density at radius 1 is 1.20 bits per heavy atom. The third kappa shape index (κ3) is 2.62. The molecule has 1 saturated carbocycles. The van der Waals surface area contributed by atoms with E-state index in [2.05, 4.69) is 10.6 Å². The van der Waals surface area contributed by atoms with Gasteiger partial charge in [-0.25, -0.2) is 4.79 Å². The quantitative estimate of drug-likeness (QED) is 0.713. The Kier molecular flexibility index (Phi) is 3.46. The molecule has 0 spiro atoms. The summed E-state index contributed by atoms with van der Waals surface area (Å²) in [5.74, 6) is 0. The van der Waals surface area contributed by atoms with Gasteiger partial charge in [0.1, 0.15) is 0 Å². The van der Waals surface area contributed by atoms with Gasteiger partial charge in [-0.3, -0.25) is 0 Å². The van der Waals surface area contributed by atoms with E-state index in [1.165, 1.54) is 12.8 Å². The number of likely N-dealkylation sites (tertiary alicyclic amines) is 1. The van der Waals surface area contributed by atoms with E-state index in [1.54, 1.807) is 0 Å². The largest absolute Gasteiger partial charge is 0.335 e. The monoisotopic (exact) mass is 211 g/mol. The topological polar surface area (TPSA) is 44.4 Å². The molecule has 0 aromatic heterocycles. The van der Waals surface area contributed by atoms with Crippen molar-refractivity contribution in [1.82, 2.24) is 15.5 Å². The molecule has 1 heterocycles. The molecule has 0 radical (unpaired) electrons. The van der Waals surface area contributed by atoms with Gasteiger partial charge in [0.15, 0.2) is 0 Å². The van der Waals surface area contributed by atoms with Gasteiger partial charge >= 0.3 is 6.03 Å². The molecule has 2 fully saturated rings. The predicted octanol–water partition coefficient (Wildman–Crippen LogP) is 0.932. The van der Waals surface area contributed by atoms with Crippen LogP contribution in [0.4, 0.5) is 4.79 Å². The minimum absolute atomic E-state index is 0.139. The summed E-state index contributed by atoms with van der Waals surface area (Å²) in [7, 11) is 1.97. The first kappa shape index (κ1) is 10.7. The third-order valence-electron chi connectivity index (χ3n) is 3.55. The maximum atomic E-state index is 11.8. The SMILES string of the molecule is CNC1CCCN(C(=O)NC2CCC2)C1. The van der Waals surface area contributed by atoms with E-state index in [0.717, 1.165) is 32.4 Å². The van der Waals surface area contributed by atoms with Crippen LogP contribution in [-0.4, -0.2) is 43.2 Å². The van der Waals surface area contributed by atoms with Crippen LogP contribution in [0.25, 0.3) is 0 Å². The zero-order valence-corrected chi connectivity index (χ0v) is 9.46. The highest BCUT2D eigenvalue weighted by molar-refractivity contribution is 5.74. The first-order chi connectivity index (χ1) is 7.29. The van der Waals surface area contributed by atoms with Crippen molar-refractivity contribution >= 4 is 6.03 Å². The smallest absolute Gasteiger partial charge is 0.317 e. The molecule has 1 aliphatic carbocycles. The molecule has 2 rings (SSSR count). The van der Waals surface area contributed by atoms with Gasteiger partial charge in [-0.15, -0.1) is 0 Å². The van der Waals surface area contributed by atoms with Gasteiger partial charge in [0.25, 0.3) is 0 Å². The fourth-order valence-electron chi connectivity index (χ4n) is 2.22. The van der Waals surface area contributed by atoms with Crippen LogP contribution in [-0.2, 0) is 0 Å². The lowest BCUT2D eigenvalue weighted by molar-refractivity contribution is 0.165. The molecule has 1 saturated heterocycles. The highest BCUT2D eigenvalue weighted by Gasteiger charge is 2.26. The molecule has 2 amide bonds. The number of nitrogens with zero attached hydrogens (tertiary/aromatic N) is 1. The van der Waals surface area contributed by atoms with Crippen LogP contribution in [0, 0.1) is 0 Å². The number of piperidine rings is 1. The average Bonchev–Trinajstić information content (AvgIpc) is 2.23. The molecule has 0 bridgehead atoms. The van der Waals surface area contributed by atoms with Crippen LogP contribution in [0.5, 0.6) is 0 Å². The van der Waals surface area contributed by atoms with Crippen molar-refractivity contribution in [3.8, 4) is 0 Å². The lowest BCUT2D eigenvalue weighted by atomic mass is 9.93. The summed E-state index contributed by atoms with van der Waals surface area (Å²) in [5, 5.41) is 6.34. The molecule has 2 aliphatic rings. The maximum absolute atomic E-state index is 11.8. The fraction of sp³-hybridized carbons (Fsp3) is 0.909. The third-order valence-corrected chi connectivity index (χ3v) is 3.55. The van der Waals surface area contributed by atoms with E-state index in [4.69, 9.17) is 0 Å². The van der Waals surface area contributed by atoms with Crippen LogP contribution in [0.3, 0.4) is 0 Å². The normalized spacial score (nSPS) is 27.3. The summed E-state index contributed by atoms with van der Waals surface area (Å²) < 4.78 is 0. The van der Waals surface area contributed by atoms with E-state index in [0.29, 0.717) is 12.1 Å². The second-order valence-corrected chi connectivity index (χ2v) is 4.65. The Balaban J connectivity index is 1.78. The van der Waals surface area contributed by atoms with Crippen molar-refractivity contribution in [2.45, 2.75) is 44.2 Å². The molecule has 1 unspecified atom stereocenters. The average molecular weight is 211 g/mol. The Bertz CT molecular complexity index is 228. The van der Waals surface area contributed by atoms with E-state index < -0.39 is 0 Å². The molecule has 4 heteroatoms. The fourth-order valence-corrected chi connectivity index (χ4v) is 2.22. The van der Waals surface area contributed by atoms with Gasteiger partial charge in [0.2, 0.25) is 0 Å². The van der Waals surface area contributed by atoms with Gasteiger partial charge in [0.05, 0.1) is 0 Å². The minimum Gasteiger partial charge on any atom is -0.335 e. The van der Waals surface area contributed by atoms with Gasteiger partial charge in [-0.1, -0.05) is 0 Å². The standard InChI is InChI=1S/C11H21N3O/c1-12-10-6-3-7-14(8-10)11(15)13-9-4-2-5-9/h9-10,12H,2-8H2,1H3,(H,13,15). The number of urea groups is 1. The zero-order valence-electron chi connectivity index (χ0n) is 9.46. The van der Waals surface area contributed by atoms with Crippen LogP contribution < -0.4 is 10.6 Å². The first-order valence-electron chi connectivity index (χ1n) is 6.02. The Morgan fingerprint density at radius 2 is 1.93 bits per heavy atom. The van der Waals surface area contributed by atoms with Crippen molar-refractivity contribution in [2.75, 3.05) is 20.1 Å². The van der Waals surface area contributed by atoms with E-state index in [1.807, 2.05) is 11.9 Å². The summed E-state index contributed by atoms with van der Waals surface area (Å²) in [5.41, 5.74) is 0. The van der Waals surface area contributed by atoms with E-state index >= 15 is 0 Å². The lowest BCUT2D eigenvalue weighted by Crippen LogP contribution is -2.53. The minimum atomic E-state index is 0.139. The molecule has 1 atom stereocenters. The second kappa shape index (κ2) is 4.84. The van der Waals surface area contributed by atoms with E-state index in [-0.39, 0.29) is 6.03 Å². The van der Waals surface area contributed by atoms with Crippen LogP contribution >= 0.6 is 0 Å². The van der Waals surface area contributed by atoms with E-state index in [9.17, 15) is 4.79 Å². The maximum Gasteiger partial charge on any atom is 0.317 e. The number of nitrogens with one attached hydrogen (secondary N) is 2. The first-order valence-corrected chi connectivity index (χ1v) is 6.02. The van der Waals surface area contributed by atoms with Crippen molar-refractivity contribution in [1.29, 1.82) is 0 Å². The number of amides is 2. The predicted molar refractivity (Wildman–Crippen MR) is 59.8 cm³/mol. The molecule has 2 N–H and O–H groups in total. The number of rotatable bonds is 2. The number of carbonyl (C=O) groups is 1. The number of hydrogen-bond donors (Lipinski definition) is 2. The van der Waals surface area contributed by atoms with Gasteiger partial charge in [-0.2, -0.15) is 0 Å². The highest BCUT2D eigenvalue weighted by Crippen LogP contribution is 2.19. The van der Waals surface area contributed by atoms with Crippen molar-refractivity contribution < 1.29 is 4.79 Å². The van der Waals surface area contributed by atoms with Crippen LogP contribution in [0.2, 0.25) is 0 Å². The molecule has 1 aliphatic heterocycles. The number of likely N-dealkylation sites (N-methyl/N-ethyl adjacent to an activating group) is 1. The summed E-state index contributed by atoms with van der Waals surface area (Å²) in [4.78, 5) is 13.8. The molecular formula is C11H21N3O. The molecule has 0 aromatic carbocycles. The van der Waals surface area contributed by atoms with Gasteiger partial charge in [-0.05, 0) is 39.2 Å². The second-order valence-electron chi connectivity index (χ2n) is 4.65. The molecule has 86 valence electrons. The summed E-state index contributed by atoms with van der Waals surface area (Å²) in [6.45, 7) is 1.77. The van der Waals surface area contributed by atoms with Gasteiger partial charge < -0.3 is 15.5 Å². The Morgan fingerprint density at radius 3 is 2.53 bits per heavy atom. The Hall–Kier alpha value is -0.770. The van der Waals surface area contributed by atoms with Crippen molar-refractivity contribution in [3.63, 3.8) is 0 Å². The summed E-state index contributed by atoms with van der Waals surface area (Å²) in [6, 6.07) is 1.07. The number of carbonyl (C=O) groups excluding carboxylic acids is 1. The number of hydrogen-bond acceptors (Lipinski definition) is 2. The zero-order chi connectivity index (χ0) is 10.7. The lowest BCUT2D eigenvalue weighted by Gasteiger charge is -2.35. The van der Waals surface area contributed by atoms with Crippen molar-refractivity contribution in [3.05, 3.63) is 0 Å². The van der Waals surface area contributed by atoms with Crippen LogP contribution in [0.15, 0.2) is 0 Å². The summed E-state index contributed by atoms with van der Waals surface area (Å²) >= 11 is 0. The highest BCUT2D eigenvalue weighted by atomic mass is 16.2.